The Balaban J connectivity index is 2.34. The quantitative estimate of drug-likeness (QED) is 0.369. The number of nitrogens with one attached hydrogen (secondary N) is 1. The molecule has 1 aliphatic heterocycles. The number of H-pyrrole nitrogens is 1. The maximum atomic E-state index is 11.7. The third kappa shape index (κ3) is 2.67. The highest BCUT2D eigenvalue weighted by molar-refractivity contribution is 7.80. The van der Waals surface area contributed by atoms with Crippen LogP contribution in [0.4, 0.5) is 0 Å². The Morgan fingerprint density at radius 3 is 3.05 bits per heavy atom. The Labute approximate surface area is 113 Å². The number of thiol groups is 1. The van der Waals surface area contributed by atoms with Gasteiger partial charge < -0.3 is 4.74 Å². The van der Waals surface area contributed by atoms with Gasteiger partial charge in [0.1, 0.15) is 6.23 Å². The average molecular weight is 283 g/mol. The number of ether oxygens (including phenoxy) is 1. The van der Waals surface area contributed by atoms with E-state index in [9.17, 15) is 9.59 Å². The summed E-state index contributed by atoms with van der Waals surface area (Å²) >= 11 is 4.13. The zero-order chi connectivity index (χ0) is 14.0. The molecule has 0 aliphatic carbocycles. The molecule has 1 fully saturated rings. The normalized spacial score (nSPS) is 26.1. The van der Waals surface area contributed by atoms with Gasteiger partial charge in [0.25, 0.3) is 5.56 Å². The second-order valence-electron chi connectivity index (χ2n) is 4.30. The van der Waals surface area contributed by atoms with Gasteiger partial charge in [-0.2, -0.15) is 12.6 Å². The SMILES string of the molecule is Cc1cn(C2CC(N=[N+]=[N-])[C@@H](CS)O2)c(=O)[nH]c1=O. The van der Waals surface area contributed by atoms with Gasteiger partial charge in [0.2, 0.25) is 0 Å². The van der Waals surface area contributed by atoms with Gasteiger partial charge in [0.05, 0.1) is 12.1 Å². The molecule has 3 atom stereocenters. The first-order chi connectivity index (χ1) is 9.06. The van der Waals surface area contributed by atoms with Crippen molar-refractivity contribution in [1.29, 1.82) is 0 Å². The summed E-state index contributed by atoms with van der Waals surface area (Å²) in [6, 6.07) is -0.369. The van der Waals surface area contributed by atoms with Gasteiger partial charge in [0, 0.05) is 28.8 Å². The summed E-state index contributed by atoms with van der Waals surface area (Å²) in [5.41, 5.74) is 7.95. The Morgan fingerprint density at radius 1 is 1.68 bits per heavy atom. The summed E-state index contributed by atoms with van der Waals surface area (Å²) in [7, 11) is 0. The van der Waals surface area contributed by atoms with Gasteiger partial charge in [0.15, 0.2) is 0 Å². The average Bonchev–Trinajstić information content (AvgIpc) is 2.77. The topological polar surface area (TPSA) is 113 Å². The van der Waals surface area contributed by atoms with Gasteiger partial charge in [-0.1, -0.05) is 5.11 Å². The van der Waals surface area contributed by atoms with Crippen LogP contribution in [0.15, 0.2) is 20.9 Å². The summed E-state index contributed by atoms with van der Waals surface area (Å²) in [5, 5.41) is 3.64. The molecule has 19 heavy (non-hydrogen) atoms. The van der Waals surface area contributed by atoms with Gasteiger partial charge in [-0.15, -0.1) is 0 Å². The third-order valence-corrected chi connectivity index (χ3v) is 3.40. The summed E-state index contributed by atoms with van der Waals surface area (Å²) in [6.07, 6.45) is 0.916. The molecule has 1 aliphatic rings. The van der Waals surface area contributed by atoms with E-state index < -0.39 is 17.5 Å². The van der Waals surface area contributed by atoms with E-state index in [4.69, 9.17) is 10.3 Å². The van der Waals surface area contributed by atoms with Crippen molar-refractivity contribution < 1.29 is 4.74 Å². The van der Waals surface area contributed by atoms with Crippen LogP contribution < -0.4 is 11.2 Å². The molecule has 2 unspecified atom stereocenters. The fraction of sp³-hybridized carbons (Fsp3) is 0.600. The smallest absolute Gasteiger partial charge is 0.330 e. The molecular weight excluding hydrogens is 270 g/mol. The molecule has 0 spiro atoms. The number of hydrogen-bond acceptors (Lipinski definition) is 5. The third-order valence-electron chi connectivity index (χ3n) is 3.04. The lowest BCUT2D eigenvalue weighted by Crippen LogP contribution is -2.33. The first kappa shape index (κ1) is 13.7. The molecule has 8 nitrogen and oxygen atoms in total. The largest absolute Gasteiger partial charge is 0.353 e. The number of aromatic amines is 1. The number of rotatable bonds is 3. The second-order valence-corrected chi connectivity index (χ2v) is 4.66. The van der Waals surface area contributed by atoms with Crippen molar-refractivity contribution in [2.75, 3.05) is 5.75 Å². The molecule has 9 heteroatoms. The molecule has 0 aromatic carbocycles. The van der Waals surface area contributed by atoms with E-state index >= 15 is 0 Å². The number of nitrogens with zero attached hydrogens (tertiary/aromatic N) is 4. The van der Waals surface area contributed by atoms with E-state index in [1.165, 1.54) is 10.8 Å². The zero-order valence-corrected chi connectivity index (χ0v) is 11.1. The highest BCUT2D eigenvalue weighted by atomic mass is 32.1. The summed E-state index contributed by atoms with van der Waals surface area (Å²) < 4.78 is 6.94. The molecule has 0 bridgehead atoms. The van der Waals surface area contributed by atoms with Gasteiger partial charge in [-0.05, 0) is 12.5 Å². The van der Waals surface area contributed by atoms with Crippen molar-refractivity contribution in [3.8, 4) is 0 Å². The Hall–Kier alpha value is -1.70. The molecule has 1 aromatic heterocycles. The van der Waals surface area contributed by atoms with Crippen molar-refractivity contribution in [1.82, 2.24) is 9.55 Å². The Kier molecular flexibility index (Phi) is 3.98. The fourth-order valence-corrected chi connectivity index (χ4v) is 2.37. The van der Waals surface area contributed by atoms with Gasteiger partial charge in [-0.25, -0.2) is 4.79 Å². The van der Waals surface area contributed by atoms with Crippen molar-refractivity contribution in [2.24, 2.45) is 5.11 Å². The first-order valence-electron chi connectivity index (χ1n) is 5.69. The molecule has 0 radical (unpaired) electrons. The molecule has 0 amide bonds. The van der Waals surface area contributed by atoms with Crippen LogP contribution >= 0.6 is 12.6 Å². The lowest BCUT2D eigenvalue weighted by Gasteiger charge is -2.15. The number of hydrogen-bond donors (Lipinski definition) is 2. The Morgan fingerprint density at radius 2 is 2.42 bits per heavy atom. The maximum absolute atomic E-state index is 11.7. The van der Waals surface area contributed by atoms with Crippen molar-refractivity contribution in [2.45, 2.75) is 31.7 Å². The lowest BCUT2D eigenvalue weighted by molar-refractivity contribution is 0.00832. The van der Waals surface area contributed by atoms with Crippen LogP contribution in [-0.4, -0.2) is 27.4 Å². The minimum absolute atomic E-state index is 0.344. The minimum atomic E-state index is -0.560. The van der Waals surface area contributed by atoms with Gasteiger partial charge >= 0.3 is 5.69 Å². The van der Waals surface area contributed by atoms with Gasteiger partial charge in [-0.3, -0.25) is 14.3 Å². The molecule has 1 N–H and O–H groups in total. The monoisotopic (exact) mass is 283 g/mol. The van der Waals surface area contributed by atoms with Crippen molar-refractivity contribution in [3.63, 3.8) is 0 Å². The molecule has 2 rings (SSSR count). The number of aromatic nitrogens is 2. The standard InChI is InChI=1S/C10H13N5O3S/c1-5-3-15(10(17)12-9(5)16)8-2-6(13-14-11)7(4-19)18-8/h3,6-8,19H,2,4H2,1H3,(H,12,16,17)/t6?,7-,8?/m1/s1. The molecule has 102 valence electrons. The zero-order valence-electron chi connectivity index (χ0n) is 10.2. The highest BCUT2D eigenvalue weighted by Crippen LogP contribution is 2.30. The molecular formula is C10H13N5O3S. The molecule has 2 heterocycles. The van der Waals surface area contributed by atoms with Crippen LogP contribution in [0.1, 0.15) is 18.2 Å². The van der Waals surface area contributed by atoms with Crippen molar-refractivity contribution >= 4 is 12.6 Å². The van der Waals surface area contributed by atoms with E-state index in [1.54, 1.807) is 6.92 Å². The van der Waals surface area contributed by atoms with E-state index in [2.05, 4.69) is 27.6 Å². The molecule has 1 saturated heterocycles. The maximum Gasteiger partial charge on any atom is 0.330 e. The van der Waals surface area contributed by atoms with E-state index in [0.29, 0.717) is 17.7 Å². The Bertz CT molecular complexity index is 633. The van der Waals surface area contributed by atoms with E-state index in [1.807, 2.05) is 0 Å². The van der Waals surface area contributed by atoms with Crippen LogP contribution in [0.5, 0.6) is 0 Å². The van der Waals surface area contributed by atoms with Crippen LogP contribution in [0.2, 0.25) is 0 Å². The first-order valence-corrected chi connectivity index (χ1v) is 6.32. The predicted octanol–water partition coefficient (Wildman–Crippen LogP) is 0.741. The van der Waals surface area contributed by atoms with E-state index in [-0.39, 0.29) is 12.1 Å². The van der Waals surface area contributed by atoms with Crippen LogP contribution in [-0.2, 0) is 4.74 Å². The molecule has 0 saturated carbocycles. The summed E-state index contributed by atoms with van der Waals surface area (Å²) in [4.78, 5) is 28.0. The van der Waals surface area contributed by atoms with Crippen LogP contribution in [0, 0.1) is 6.92 Å². The van der Waals surface area contributed by atoms with Crippen LogP contribution in [0.3, 0.4) is 0 Å². The highest BCUT2D eigenvalue weighted by Gasteiger charge is 2.35. The predicted molar refractivity (Wildman–Crippen MR) is 71.4 cm³/mol. The summed E-state index contributed by atoms with van der Waals surface area (Å²) in [6.45, 7) is 1.60. The second kappa shape index (κ2) is 5.52. The lowest BCUT2D eigenvalue weighted by atomic mass is 10.1. The summed E-state index contributed by atoms with van der Waals surface area (Å²) in [5.74, 6) is 0.386. The number of aryl methyl sites for hydroxylation is 1. The number of azide groups is 1. The van der Waals surface area contributed by atoms with E-state index in [0.717, 1.165) is 0 Å². The van der Waals surface area contributed by atoms with Crippen molar-refractivity contribution in [3.05, 3.63) is 43.0 Å². The fourth-order valence-electron chi connectivity index (χ4n) is 2.04. The minimum Gasteiger partial charge on any atom is -0.353 e. The van der Waals surface area contributed by atoms with Crippen LogP contribution in [0.25, 0.3) is 10.4 Å². The molecule has 1 aromatic rings.